The Kier molecular flexibility index (Phi) is 3.62. The summed E-state index contributed by atoms with van der Waals surface area (Å²) < 4.78 is 64.5. The van der Waals surface area contributed by atoms with Crippen LogP contribution in [-0.4, -0.2) is 36.8 Å². The minimum Gasteiger partial charge on any atom is -0.376 e. The van der Waals surface area contributed by atoms with Gasteiger partial charge in [0.1, 0.15) is 9.79 Å². The van der Waals surface area contributed by atoms with Crippen molar-refractivity contribution in [1.82, 2.24) is 0 Å². The van der Waals surface area contributed by atoms with Crippen molar-refractivity contribution >= 4 is 26.0 Å². The van der Waals surface area contributed by atoms with Crippen molar-refractivity contribution in [3.05, 3.63) is 64.8 Å². The second kappa shape index (κ2) is 5.19. The van der Waals surface area contributed by atoms with Gasteiger partial charge < -0.3 is 5.11 Å². The monoisotopic (exact) mass is 369 g/mol. The third-order valence-electron chi connectivity index (χ3n) is 3.57. The average molecular weight is 369 g/mol. The van der Waals surface area contributed by atoms with Gasteiger partial charge in [0.2, 0.25) is 0 Å². The van der Waals surface area contributed by atoms with Crippen molar-refractivity contribution in [3.8, 4) is 0 Å². The van der Waals surface area contributed by atoms with Crippen LogP contribution in [0.3, 0.4) is 0 Å². The summed E-state index contributed by atoms with van der Waals surface area (Å²) in [5.74, 6) is -0.906. The van der Waals surface area contributed by atoms with Gasteiger partial charge in [0.05, 0.1) is 5.56 Å². The third-order valence-corrected chi connectivity index (χ3v) is 5.36. The molecular formula is C14H9O8S2. The van der Waals surface area contributed by atoms with E-state index in [9.17, 15) is 35.8 Å². The molecule has 0 atom stereocenters. The quantitative estimate of drug-likeness (QED) is 0.665. The summed E-state index contributed by atoms with van der Waals surface area (Å²) in [4.78, 5) is 11.2. The smallest absolute Gasteiger partial charge is 0.295 e. The fourth-order valence-corrected chi connectivity index (χ4v) is 4.05. The van der Waals surface area contributed by atoms with Crippen LogP contribution in [0.4, 0.5) is 0 Å². The first-order valence-electron chi connectivity index (χ1n) is 6.36. The summed E-state index contributed by atoms with van der Waals surface area (Å²) in [6.45, 7) is 0. The molecule has 8 nitrogen and oxygen atoms in total. The molecule has 1 aliphatic rings. The van der Waals surface area contributed by atoms with Gasteiger partial charge in [0.25, 0.3) is 20.2 Å². The zero-order valence-electron chi connectivity index (χ0n) is 11.7. The molecule has 1 aliphatic carbocycles. The molecule has 24 heavy (non-hydrogen) atoms. The second-order valence-electron chi connectivity index (χ2n) is 4.99. The zero-order valence-corrected chi connectivity index (χ0v) is 13.3. The van der Waals surface area contributed by atoms with Crippen LogP contribution in [0.1, 0.15) is 27.0 Å². The van der Waals surface area contributed by atoms with E-state index in [1.165, 1.54) is 18.2 Å². The molecule has 0 unspecified atom stereocenters. The molecule has 0 aliphatic heterocycles. The van der Waals surface area contributed by atoms with Gasteiger partial charge in [-0.15, -0.1) is 0 Å². The molecule has 10 heteroatoms. The van der Waals surface area contributed by atoms with Gasteiger partial charge in [-0.05, 0) is 12.1 Å². The highest BCUT2D eigenvalue weighted by atomic mass is 32.2. The van der Waals surface area contributed by atoms with Gasteiger partial charge in [-0.3, -0.25) is 13.9 Å². The number of carbonyl (C=O) groups is 1. The average Bonchev–Trinajstić information content (AvgIpc) is 2.49. The number of benzene rings is 2. The van der Waals surface area contributed by atoms with E-state index in [2.05, 4.69) is 0 Å². The first kappa shape index (κ1) is 16.7. The summed E-state index contributed by atoms with van der Waals surface area (Å²) >= 11 is 0. The number of fused-ring (bicyclic) bond motifs is 2. The Morgan fingerprint density at radius 1 is 0.708 bits per heavy atom. The van der Waals surface area contributed by atoms with Crippen molar-refractivity contribution in [2.75, 3.05) is 0 Å². The maximum Gasteiger partial charge on any atom is 0.295 e. The van der Waals surface area contributed by atoms with Crippen molar-refractivity contribution in [2.45, 2.75) is 9.79 Å². The zero-order chi connectivity index (χ0) is 17.9. The summed E-state index contributed by atoms with van der Waals surface area (Å²) in [5.41, 5.74) is -1.48. The van der Waals surface area contributed by atoms with E-state index in [-0.39, 0.29) is 11.1 Å². The van der Waals surface area contributed by atoms with Crippen LogP contribution >= 0.6 is 0 Å². The van der Waals surface area contributed by atoms with Crippen LogP contribution in [0.2, 0.25) is 0 Å². The van der Waals surface area contributed by atoms with E-state index in [0.29, 0.717) is 0 Å². The fourth-order valence-electron chi connectivity index (χ4n) is 2.63. The molecule has 125 valence electrons. The maximum atomic E-state index is 12.6. The largest absolute Gasteiger partial charge is 0.376 e. The number of hydrogen-bond donors (Lipinski definition) is 3. The molecule has 0 spiro atoms. The predicted molar refractivity (Wildman–Crippen MR) is 79.3 cm³/mol. The van der Waals surface area contributed by atoms with Crippen LogP contribution in [-0.2, 0) is 20.2 Å². The number of carbonyl (C=O) groups excluding carboxylic acids is 1. The minimum atomic E-state index is -4.75. The van der Waals surface area contributed by atoms with E-state index in [1.54, 1.807) is 0 Å². The van der Waals surface area contributed by atoms with Gasteiger partial charge in [-0.1, -0.05) is 24.3 Å². The normalized spacial score (nSPS) is 15.0. The fraction of sp³-hybridized carbons (Fsp3) is 0. The van der Waals surface area contributed by atoms with E-state index in [0.717, 1.165) is 18.2 Å². The lowest BCUT2D eigenvalue weighted by atomic mass is 9.83. The van der Waals surface area contributed by atoms with E-state index < -0.39 is 53.0 Å². The van der Waals surface area contributed by atoms with E-state index in [4.69, 9.17) is 0 Å². The van der Waals surface area contributed by atoms with Gasteiger partial charge in [0, 0.05) is 16.7 Å². The lowest BCUT2D eigenvalue weighted by Crippen LogP contribution is -2.25. The van der Waals surface area contributed by atoms with Crippen LogP contribution in [0, 0.1) is 6.10 Å². The standard InChI is InChI=1S/C14H9O8S2/c15-13-7-3-1-5-9(23(17,18)19)11(7)14(16)8-4-2-6-10(12(8)13)24(20,21)22/h1-6,15H,(H,17,18,19)(H,20,21,22). The molecule has 0 heterocycles. The Balaban J connectivity index is 2.41. The van der Waals surface area contributed by atoms with Gasteiger partial charge >= 0.3 is 0 Å². The highest BCUT2D eigenvalue weighted by Crippen LogP contribution is 2.39. The Hall–Kier alpha value is -2.11. The number of ketones is 1. The molecule has 0 aromatic heterocycles. The molecule has 2 aromatic rings. The molecule has 2 aromatic carbocycles. The maximum absolute atomic E-state index is 12.6. The van der Waals surface area contributed by atoms with Crippen LogP contribution in [0.15, 0.2) is 46.2 Å². The molecular weight excluding hydrogens is 360 g/mol. The second-order valence-corrected chi connectivity index (χ2v) is 7.77. The number of aliphatic hydroxyl groups is 1. The minimum absolute atomic E-state index is 0.265. The first-order valence-corrected chi connectivity index (χ1v) is 9.24. The highest BCUT2D eigenvalue weighted by molar-refractivity contribution is 7.86. The predicted octanol–water partition coefficient (Wildman–Crippen LogP) is 1.03. The Labute approximate surface area is 136 Å². The summed E-state index contributed by atoms with van der Waals surface area (Å²) in [6, 6.07) is 6.68. The number of aliphatic hydroxyl groups excluding tert-OH is 1. The lowest BCUT2D eigenvalue weighted by molar-refractivity contribution is 0.102. The molecule has 0 saturated carbocycles. The number of hydrogen-bond acceptors (Lipinski definition) is 6. The van der Waals surface area contributed by atoms with Gasteiger partial charge in [-0.25, -0.2) is 0 Å². The Bertz CT molecular complexity index is 1080. The summed E-state index contributed by atoms with van der Waals surface area (Å²) in [7, 11) is -9.50. The van der Waals surface area contributed by atoms with Crippen LogP contribution in [0.5, 0.6) is 0 Å². The molecule has 0 saturated heterocycles. The Morgan fingerprint density at radius 3 is 1.67 bits per heavy atom. The van der Waals surface area contributed by atoms with Crippen molar-refractivity contribution in [2.24, 2.45) is 0 Å². The molecule has 3 rings (SSSR count). The van der Waals surface area contributed by atoms with Crippen LogP contribution in [0.25, 0.3) is 0 Å². The van der Waals surface area contributed by atoms with Crippen molar-refractivity contribution in [1.29, 1.82) is 0 Å². The van der Waals surface area contributed by atoms with Crippen molar-refractivity contribution < 1.29 is 35.8 Å². The van der Waals surface area contributed by atoms with Crippen molar-refractivity contribution in [3.63, 3.8) is 0 Å². The topological polar surface area (TPSA) is 146 Å². The lowest BCUT2D eigenvalue weighted by Gasteiger charge is -2.25. The van der Waals surface area contributed by atoms with Crippen LogP contribution < -0.4 is 0 Å². The SMILES string of the molecule is O=C1c2cccc(S(=O)(=O)O)c2[C](O)c2cccc(S(=O)(=O)O)c21. The number of rotatable bonds is 2. The molecule has 0 bridgehead atoms. The van der Waals surface area contributed by atoms with Gasteiger partial charge in [-0.2, -0.15) is 16.8 Å². The third kappa shape index (κ3) is 2.44. The van der Waals surface area contributed by atoms with E-state index in [1.807, 2.05) is 0 Å². The van der Waals surface area contributed by atoms with Gasteiger partial charge in [0.15, 0.2) is 11.9 Å². The highest BCUT2D eigenvalue weighted by Gasteiger charge is 2.38. The summed E-state index contributed by atoms with van der Waals surface area (Å²) in [6.07, 6.45) is -0.696. The molecule has 0 amide bonds. The Morgan fingerprint density at radius 2 is 1.17 bits per heavy atom. The molecule has 0 fully saturated rings. The summed E-state index contributed by atoms with van der Waals surface area (Å²) in [5, 5.41) is 10.4. The first-order chi connectivity index (χ1) is 11.0. The molecule has 3 N–H and O–H groups in total. The van der Waals surface area contributed by atoms with E-state index >= 15 is 0 Å². The molecule has 1 radical (unpaired) electrons.